The molecule has 0 bridgehead atoms. The number of para-hydroxylation sites is 1. The summed E-state index contributed by atoms with van der Waals surface area (Å²) in [5, 5.41) is 4.40. The highest BCUT2D eigenvalue weighted by Gasteiger charge is 2.34. The SMILES string of the molecule is Cc1nn(CC(=O)N2c3ccccc3C[C@@H]2C)c(C)c1S(=O)(=O)N1CCOCC1. The first kappa shape index (κ1) is 20.1. The van der Waals surface area contributed by atoms with Crippen molar-refractivity contribution in [2.75, 3.05) is 31.2 Å². The van der Waals surface area contributed by atoms with Crippen LogP contribution in [0, 0.1) is 13.8 Å². The lowest BCUT2D eigenvalue weighted by molar-refractivity contribution is -0.119. The number of carbonyl (C=O) groups is 1. The van der Waals surface area contributed by atoms with Crippen LogP contribution in [0.25, 0.3) is 0 Å². The Kier molecular flexibility index (Phi) is 5.22. The molecule has 0 N–H and O–H groups in total. The highest BCUT2D eigenvalue weighted by Crippen LogP contribution is 2.32. The zero-order chi connectivity index (χ0) is 20.8. The van der Waals surface area contributed by atoms with Gasteiger partial charge in [-0.2, -0.15) is 9.40 Å². The average Bonchev–Trinajstić information content (AvgIpc) is 3.17. The number of sulfonamides is 1. The van der Waals surface area contributed by atoms with Crippen molar-refractivity contribution < 1.29 is 17.9 Å². The number of aromatic nitrogens is 2. The summed E-state index contributed by atoms with van der Waals surface area (Å²) in [6, 6.07) is 7.95. The minimum Gasteiger partial charge on any atom is -0.379 e. The fraction of sp³-hybridized carbons (Fsp3) is 0.500. The van der Waals surface area contributed by atoms with E-state index in [0.717, 1.165) is 17.7 Å². The Balaban J connectivity index is 1.61. The Hall–Kier alpha value is -2.23. The van der Waals surface area contributed by atoms with Gasteiger partial charge in [0.25, 0.3) is 0 Å². The molecule has 4 rings (SSSR count). The minimum absolute atomic E-state index is 0.00395. The van der Waals surface area contributed by atoms with E-state index < -0.39 is 10.0 Å². The Morgan fingerprint density at radius 3 is 2.62 bits per heavy atom. The molecule has 0 spiro atoms. The molecule has 2 aromatic rings. The maximum absolute atomic E-state index is 13.1. The van der Waals surface area contributed by atoms with Crippen molar-refractivity contribution in [2.45, 2.75) is 44.7 Å². The molecule has 9 heteroatoms. The lowest BCUT2D eigenvalue weighted by Gasteiger charge is -2.26. The van der Waals surface area contributed by atoms with E-state index in [2.05, 4.69) is 5.10 Å². The van der Waals surface area contributed by atoms with Crippen LogP contribution in [0.5, 0.6) is 0 Å². The number of hydrogen-bond acceptors (Lipinski definition) is 5. The van der Waals surface area contributed by atoms with Crippen molar-refractivity contribution in [3.05, 3.63) is 41.2 Å². The number of benzene rings is 1. The van der Waals surface area contributed by atoms with Crippen molar-refractivity contribution >= 4 is 21.6 Å². The van der Waals surface area contributed by atoms with Crippen LogP contribution in [0.4, 0.5) is 5.69 Å². The summed E-state index contributed by atoms with van der Waals surface area (Å²) in [7, 11) is -3.67. The van der Waals surface area contributed by atoms with Gasteiger partial charge in [0.05, 0.1) is 24.6 Å². The summed E-state index contributed by atoms with van der Waals surface area (Å²) in [4.78, 5) is 15.1. The highest BCUT2D eigenvalue weighted by molar-refractivity contribution is 7.89. The molecule has 1 aromatic heterocycles. The third kappa shape index (κ3) is 3.47. The van der Waals surface area contributed by atoms with E-state index in [1.165, 1.54) is 8.99 Å². The lowest BCUT2D eigenvalue weighted by Crippen LogP contribution is -2.41. The minimum atomic E-state index is -3.67. The van der Waals surface area contributed by atoms with E-state index in [1.807, 2.05) is 31.2 Å². The normalized spacial score (nSPS) is 20.1. The van der Waals surface area contributed by atoms with Gasteiger partial charge in [-0.1, -0.05) is 18.2 Å². The number of ether oxygens (including phenoxy) is 1. The number of anilines is 1. The largest absolute Gasteiger partial charge is 0.379 e. The van der Waals surface area contributed by atoms with Crippen LogP contribution in [0.15, 0.2) is 29.2 Å². The van der Waals surface area contributed by atoms with Gasteiger partial charge in [0.2, 0.25) is 15.9 Å². The van der Waals surface area contributed by atoms with Crippen LogP contribution in [0.3, 0.4) is 0 Å². The second-order valence-electron chi connectivity index (χ2n) is 7.62. The smallest absolute Gasteiger partial charge is 0.248 e. The van der Waals surface area contributed by atoms with Crippen LogP contribution in [-0.4, -0.2) is 60.8 Å². The molecule has 1 amide bonds. The fourth-order valence-electron chi connectivity index (χ4n) is 4.27. The second kappa shape index (κ2) is 7.55. The predicted octanol–water partition coefficient (Wildman–Crippen LogP) is 1.50. The molecule has 0 unspecified atom stereocenters. The molecule has 1 saturated heterocycles. The van der Waals surface area contributed by atoms with Crippen LogP contribution in [0.1, 0.15) is 23.9 Å². The van der Waals surface area contributed by atoms with Crippen LogP contribution in [0.2, 0.25) is 0 Å². The van der Waals surface area contributed by atoms with E-state index in [0.29, 0.717) is 37.7 Å². The summed E-state index contributed by atoms with van der Waals surface area (Å²) in [6.07, 6.45) is 0.815. The second-order valence-corrected chi connectivity index (χ2v) is 9.49. The average molecular weight is 419 g/mol. The van der Waals surface area contributed by atoms with E-state index in [9.17, 15) is 13.2 Å². The van der Waals surface area contributed by atoms with E-state index >= 15 is 0 Å². The molecule has 0 saturated carbocycles. The summed E-state index contributed by atoms with van der Waals surface area (Å²) >= 11 is 0. The van der Waals surface area contributed by atoms with Gasteiger partial charge in [-0.25, -0.2) is 8.42 Å². The first-order valence-electron chi connectivity index (χ1n) is 9.82. The van der Waals surface area contributed by atoms with Crippen molar-refractivity contribution in [1.82, 2.24) is 14.1 Å². The fourth-order valence-corrected chi connectivity index (χ4v) is 6.05. The Labute approximate surface area is 171 Å². The zero-order valence-electron chi connectivity index (χ0n) is 17.0. The van der Waals surface area contributed by atoms with Gasteiger partial charge in [-0.05, 0) is 38.8 Å². The molecule has 29 heavy (non-hydrogen) atoms. The molecule has 1 aromatic carbocycles. The van der Waals surface area contributed by atoms with Crippen molar-refractivity contribution in [3.63, 3.8) is 0 Å². The Bertz CT molecular complexity index is 1040. The topological polar surface area (TPSA) is 84.7 Å². The van der Waals surface area contributed by atoms with Gasteiger partial charge < -0.3 is 9.64 Å². The van der Waals surface area contributed by atoms with Gasteiger partial charge in [-0.3, -0.25) is 9.48 Å². The maximum atomic E-state index is 13.1. The molecule has 8 nitrogen and oxygen atoms in total. The third-order valence-corrected chi connectivity index (χ3v) is 7.80. The highest BCUT2D eigenvalue weighted by atomic mass is 32.2. The van der Waals surface area contributed by atoms with Crippen LogP contribution < -0.4 is 4.90 Å². The lowest BCUT2D eigenvalue weighted by atomic mass is 10.1. The standard InChI is InChI=1S/C20H26N4O4S/c1-14-12-17-6-4-5-7-18(17)24(14)19(25)13-23-16(3)20(15(2)21-23)29(26,27)22-8-10-28-11-9-22/h4-7,14H,8-13H2,1-3H3/t14-/m0/s1. The predicted molar refractivity (Wildman–Crippen MR) is 108 cm³/mol. The van der Waals surface area contributed by atoms with E-state index in [4.69, 9.17) is 4.74 Å². The first-order chi connectivity index (χ1) is 13.8. The summed E-state index contributed by atoms with van der Waals surface area (Å²) in [5.74, 6) is -0.0941. The molecular formula is C20H26N4O4S. The van der Waals surface area contributed by atoms with Crippen LogP contribution >= 0.6 is 0 Å². The number of morpholine rings is 1. The molecule has 0 aliphatic carbocycles. The zero-order valence-corrected chi connectivity index (χ0v) is 17.8. The number of fused-ring (bicyclic) bond motifs is 1. The monoisotopic (exact) mass is 418 g/mol. The van der Waals surface area contributed by atoms with Gasteiger partial charge >= 0.3 is 0 Å². The number of hydrogen-bond donors (Lipinski definition) is 0. The van der Waals surface area contributed by atoms with E-state index in [1.54, 1.807) is 18.7 Å². The summed E-state index contributed by atoms with van der Waals surface area (Å²) in [6.45, 7) is 6.83. The molecule has 156 valence electrons. The molecule has 1 atom stereocenters. The van der Waals surface area contributed by atoms with Gasteiger partial charge in [0.15, 0.2) is 0 Å². The first-order valence-corrected chi connectivity index (χ1v) is 11.3. The maximum Gasteiger partial charge on any atom is 0.248 e. The van der Waals surface area contributed by atoms with E-state index in [-0.39, 0.29) is 23.4 Å². The Morgan fingerprint density at radius 1 is 1.21 bits per heavy atom. The van der Waals surface area contributed by atoms with Crippen molar-refractivity contribution in [2.24, 2.45) is 0 Å². The molecule has 1 fully saturated rings. The summed E-state index contributed by atoms with van der Waals surface area (Å²) in [5.41, 5.74) is 2.98. The van der Waals surface area contributed by atoms with Crippen molar-refractivity contribution in [1.29, 1.82) is 0 Å². The number of aryl methyl sites for hydroxylation is 1. The number of rotatable bonds is 4. The molecule has 3 heterocycles. The molecule has 0 radical (unpaired) electrons. The molecular weight excluding hydrogens is 392 g/mol. The molecule has 2 aliphatic rings. The number of carbonyl (C=O) groups excluding carboxylic acids is 1. The van der Waals surface area contributed by atoms with Crippen LogP contribution in [-0.2, 0) is 32.5 Å². The van der Waals surface area contributed by atoms with Gasteiger partial charge in [0.1, 0.15) is 11.4 Å². The number of nitrogens with zero attached hydrogens (tertiary/aromatic N) is 4. The third-order valence-electron chi connectivity index (χ3n) is 5.64. The van der Waals surface area contributed by atoms with Crippen molar-refractivity contribution in [3.8, 4) is 0 Å². The van der Waals surface area contributed by atoms with Gasteiger partial charge in [-0.15, -0.1) is 0 Å². The van der Waals surface area contributed by atoms with Gasteiger partial charge in [0, 0.05) is 24.8 Å². The summed E-state index contributed by atoms with van der Waals surface area (Å²) < 4.78 is 34.5. The number of amides is 1. The molecule has 2 aliphatic heterocycles. The quantitative estimate of drug-likeness (QED) is 0.751. The Morgan fingerprint density at radius 2 is 1.90 bits per heavy atom.